The lowest BCUT2D eigenvalue weighted by molar-refractivity contribution is -0.138. The number of anilines is 1. The first-order valence-corrected chi connectivity index (χ1v) is 6.54. The zero-order valence-electron chi connectivity index (χ0n) is 10.6. The standard InChI is InChI=1S/C11H19N3O2S/c1-6(2)5-8(10(15)16)12-11-14-13-9(17-11)7(3)4/h6-8H,5H2,1-4H3,(H,12,14)(H,15,16). The number of nitrogens with zero attached hydrogens (tertiary/aromatic N) is 2. The van der Waals surface area contributed by atoms with Crippen LogP contribution in [0, 0.1) is 5.92 Å². The summed E-state index contributed by atoms with van der Waals surface area (Å²) >= 11 is 1.42. The first-order valence-electron chi connectivity index (χ1n) is 5.73. The molecule has 0 aliphatic rings. The lowest BCUT2D eigenvalue weighted by Crippen LogP contribution is -2.30. The van der Waals surface area contributed by atoms with Gasteiger partial charge in [-0.2, -0.15) is 0 Å². The van der Waals surface area contributed by atoms with Crippen molar-refractivity contribution >= 4 is 22.4 Å². The van der Waals surface area contributed by atoms with E-state index in [0.29, 0.717) is 23.4 Å². The van der Waals surface area contributed by atoms with Crippen molar-refractivity contribution in [2.75, 3.05) is 5.32 Å². The van der Waals surface area contributed by atoms with Gasteiger partial charge in [0.1, 0.15) is 11.0 Å². The van der Waals surface area contributed by atoms with Crippen molar-refractivity contribution in [3.05, 3.63) is 5.01 Å². The van der Waals surface area contributed by atoms with Crippen LogP contribution in [0.1, 0.15) is 45.0 Å². The maximum absolute atomic E-state index is 11.1. The minimum absolute atomic E-state index is 0.316. The summed E-state index contributed by atoms with van der Waals surface area (Å²) in [5.41, 5.74) is 0. The van der Waals surface area contributed by atoms with Crippen LogP contribution in [-0.2, 0) is 4.79 Å². The molecule has 6 heteroatoms. The van der Waals surface area contributed by atoms with Gasteiger partial charge >= 0.3 is 5.97 Å². The molecule has 0 fully saturated rings. The van der Waals surface area contributed by atoms with Crippen molar-refractivity contribution in [2.45, 2.75) is 46.1 Å². The van der Waals surface area contributed by atoms with Gasteiger partial charge < -0.3 is 10.4 Å². The van der Waals surface area contributed by atoms with Gasteiger partial charge in [0.05, 0.1) is 0 Å². The highest BCUT2D eigenvalue weighted by molar-refractivity contribution is 7.15. The predicted octanol–water partition coefficient (Wildman–Crippen LogP) is 2.57. The van der Waals surface area contributed by atoms with Gasteiger partial charge in [0.2, 0.25) is 5.13 Å². The van der Waals surface area contributed by atoms with Gasteiger partial charge in [0.15, 0.2) is 0 Å². The molecule has 0 spiro atoms. The summed E-state index contributed by atoms with van der Waals surface area (Å²) in [5.74, 6) is -0.211. The van der Waals surface area contributed by atoms with Crippen LogP contribution in [0.2, 0.25) is 0 Å². The Morgan fingerprint density at radius 3 is 2.41 bits per heavy atom. The third-order valence-electron chi connectivity index (χ3n) is 2.24. The van der Waals surface area contributed by atoms with Gasteiger partial charge in [-0.25, -0.2) is 4.79 Å². The molecule has 0 aliphatic heterocycles. The summed E-state index contributed by atoms with van der Waals surface area (Å²) in [5, 5.41) is 21.5. The van der Waals surface area contributed by atoms with E-state index >= 15 is 0 Å². The van der Waals surface area contributed by atoms with Crippen LogP contribution in [0.3, 0.4) is 0 Å². The molecule has 0 aromatic carbocycles. The molecular formula is C11H19N3O2S. The van der Waals surface area contributed by atoms with E-state index in [4.69, 9.17) is 5.11 Å². The van der Waals surface area contributed by atoms with E-state index in [1.807, 2.05) is 27.7 Å². The van der Waals surface area contributed by atoms with Crippen LogP contribution in [0.25, 0.3) is 0 Å². The Morgan fingerprint density at radius 2 is 2.00 bits per heavy atom. The van der Waals surface area contributed by atoms with Gasteiger partial charge in [-0.15, -0.1) is 10.2 Å². The summed E-state index contributed by atoms with van der Waals surface area (Å²) < 4.78 is 0. The van der Waals surface area contributed by atoms with E-state index in [1.165, 1.54) is 11.3 Å². The molecule has 5 nitrogen and oxygen atoms in total. The molecule has 1 atom stereocenters. The molecule has 1 rings (SSSR count). The zero-order valence-corrected chi connectivity index (χ0v) is 11.4. The fraction of sp³-hybridized carbons (Fsp3) is 0.727. The molecule has 1 heterocycles. The summed E-state index contributed by atoms with van der Waals surface area (Å²) in [6, 6.07) is -0.594. The highest BCUT2D eigenvalue weighted by atomic mass is 32.1. The lowest BCUT2D eigenvalue weighted by atomic mass is 10.0. The van der Waals surface area contributed by atoms with Gasteiger partial charge in [0, 0.05) is 5.92 Å². The second-order valence-electron chi connectivity index (χ2n) is 4.76. The highest BCUT2D eigenvalue weighted by Gasteiger charge is 2.20. The van der Waals surface area contributed by atoms with Crippen molar-refractivity contribution in [3.8, 4) is 0 Å². The number of carbonyl (C=O) groups is 1. The fourth-order valence-electron chi connectivity index (χ4n) is 1.37. The minimum Gasteiger partial charge on any atom is -0.480 e. The molecule has 17 heavy (non-hydrogen) atoms. The Morgan fingerprint density at radius 1 is 1.35 bits per heavy atom. The minimum atomic E-state index is -0.847. The lowest BCUT2D eigenvalue weighted by Gasteiger charge is -2.15. The number of aromatic nitrogens is 2. The predicted molar refractivity (Wildman–Crippen MR) is 68.5 cm³/mol. The number of carboxylic acid groups (broad SMARTS) is 1. The van der Waals surface area contributed by atoms with E-state index in [-0.39, 0.29) is 0 Å². The largest absolute Gasteiger partial charge is 0.480 e. The topological polar surface area (TPSA) is 75.1 Å². The average molecular weight is 257 g/mol. The summed E-state index contributed by atoms with van der Waals surface area (Å²) in [7, 11) is 0. The molecule has 0 saturated carbocycles. The Labute approximate surface area is 105 Å². The van der Waals surface area contributed by atoms with E-state index in [2.05, 4.69) is 15.5 Å². The van der Waals surface area contributed by atoms with E-state index < -0.39 is 12.0 Å². The van der Waals surface area contributed by atoms with Crippen LogP contribution in [0.5, 0.6) is 0 Å². The quantitative estimate of drug-likeness (QED) is 0.819. The summed E-state index contributed by atoms with van der Waals surface area (Å²) in [4.78, 5) is 11.1. The summed E-state index contributed by atoms with van der Waals surface area (Å²) in [6.07, 6.45) is 0.575. The van der Waals surface area contributed by atoms with Crippen molar-refractivity contribution in [1.29, 1.82) is 0 Å². The van der Waals surface area contributed by atoms with Crippen LogP contribution >= 0.6 is 11.3 Å². The molecule has 0 aliphatic carbocycles. The molecule has 1 aromatic rings. The maximum Gasteiger partial charge on any atom is 0.326 e. The summed E-state index contributed by atoms with van der Waals surface area (Å²) in [6.45, 7) is 8.06. The van der Waals surface area contributed by atoms with Crippen molar-refractivity contribution < 1.29 is 9.90 Å². The third kappa shape index (κ3) is 4.30. The van der Waals surface area contributed by atoms with Crippen molar-refractivity contribution in [1.82, 2.24) is 10.2 Å². The molecule has 0 saturated heterocycles. The number of nitrogens with one attached hydrogen (secondary N) is 1. The van der Waals surface area contributed by atoms with Crippen LogP contribution < -0.4 is 5.32 Å². The third-order valence-corrected chi connectivity index (χ3v) is 3.39. The number of rotatable bonds is 6. The molecule has 0 radical (unpaired) electrons. The fourth-order valence-corrected chi connectivity index (χ4v) is 2.17. The Kier molecular flexibility index (Phi) is 4.86. The van der Waals surface area contributed by atoms with E-state index in [9.17, 15) is 4.79 Å². The second kappa shape index (κ2) is 5.95. The highest BCUT2D eigenvalue weighted by Crippen LogP contribution is 2.23. The van der Waals surface area contributed by atoms with Crippen molar-refractivity contribution in [3.63, 3.8) is 0 Å². The average Bonchev–Trinajstić information content (AvgIpc) is 2.64. The zero-order chi connectivity index (χ0) is 13.0. The molecule has 1 aromatic heterocycles. The molecular weight excluding hydrogens is 238 g/mol. The van der Waals surface area contributed by atoms with Gasteiger partial charge in [-0.3, -0.25) is 0 Å². The number of carboxylic acids is 1. The Balaban J connectivity index is 2.68. The molecule has 96 valence electrons. The van der Waals surface area contributed by atoms with Crippen molar-refractivity contribution in [2.24, 2.45) is 5.92 Å². The second-order valence-corrected chi connectivity index (χ2v) is 5.77. The normalized spacial score (nSPS) is 13.1. The van der Waals surface area contributed by atoms with E-state index in [0.717, 1.165) is 5.01 Å². The molecule has 1 unspecified atom stereocenters. The first-order chi connectivity index (χ1) is 7.90. The van der Waals surface area contributed by atoms with Crippen LogP contribution in [-0.4, -0.2) is 27.3 Å². The number of hydrogen-bond acceptors (Lipinski definition) is 5. The molecule has 0 amide bonds. The monoisotopic (exact) mass is 257 g/mol. The van der Waals surface area contributed by atoms with Crippen LogP contribution in [0.4, 0.5) is 5.13 Å². The van der Waals surface area contributed by atoms with E-state index in [1.54, 1.807) is 0 Å². The Hall–Kier alpha value is -1.17. The maximum atomic E-state index is 11.1. The smallest absolute Gasteiger partial charge is 0.326 e. The van der Waals surface area contributed by atoms with Gasteiger partial charge in [-0.05, 0) is 12.3 Å². The first kappa shape index (κ1) is 13.9. The number of aliphatic carboxylic acids is 1. The SMILES string of the molecule is CC(C)CC(Nc1nnc(C(C)C)s1)C(=O)O. The molecule has 2 N–H and O–H groups in total. The van der Waals surface area contributed by atoms with Crippen LogP contribution in [0.15, 0.2) is 0 Å². The molecule has 0 bridgehead atoms. The van der Waals surface area contributed by atoms with Gasteiger partial charge in [0.25, 0.3) is 0 Å². The van der Waals surface area contributed by atoms with Gasteiger partial charge in [-0.1, -0.05) is 39.0 Å². The Bertz CT molecular complexity index is 377. The number of hydrogen-bond donors (Lipinski definition) is 2.